The number of nitrogens with zero attached hydrogens (tertiary/aromatic N) is 1. The van der Waals surface area contributed by atoms with Crippen molar-refractivity contribution < 1.29 is 9.53 Å². The number of benzene rings is 1. The fourth-order valence-electron chi connectivity index (χ4n) is 3.06. The van der Waals surface area contributed by atoms with Crippen LogP contribution in [0.3, 0.4) is 0 Å². The van der Waals surface area contributed by atoms with E-state index in [-0.39, 0.29) is 5.78 Å². The molecule has 0 aromatic heterocycles. The zero-order valence-electron chi connectivity index (χ0n) is 14.0. The summed E-state index contributed by atoms with van der Waals surface area (Å²) in [5.41, 5.74) is 1.86. The summed E-state index contributed by atoms with van der Waals surface area (Å²) in [5.74, 6) is 0.997. The van der Waals surface area contributed by atoms with E-state index in [1.165, 1.54) is 19.3 Å². The zero-order valence-corrected chi connectivity index (χ0v) is 14.0. The number of Topliss-reactive ketones (excluding diaryl/α,β-unsaturated/α-hetero) is 1. The van der Waals surface area contributed by atoms with E-state index in [1.807, 2.05) is 25.1 Å². The van der Waals surface area contributed by atoms with Gasteiger partial charge in [-0.3, -0.25) is 9.69 Å². The first-order valence-electron chi connectivity index (χ1n) is 8.29. The Balaban J connectivity index is 2.14. The van der Waals surface area contributed by atoms with Gasteiger partial charge in [-0.1, -0.05) is 0 Å². The van der Waals surface area contributed by atoms with Crippen LogP contribution in [-0.4, -0.2) is 43.5 Å². The molecule has 0 amide bonds. The summed E-state index contributed by atoms with van der Waals surface area (Å²) in [7, 11) is 2.17. The smallest absolute Gasteiger partial charge is 0.159 e. The molecule has 1 N–H and O–H groups in total. The lowest BCUT2D eigenvalue weighted by Crippen LogP contribution is -2.32. The molecule has 2 rings (SSSR count). The second-order valence-electron chi connectivity index (χ2n) is 6.06. The molecule has 1 heterocycles. The second-order valence-corrected chi connectivity index (χ2v) is 6.06. The van der Waals surface area contributed by atoms with E-state index in [4.69, 9.17) is 4.74 Å². The molecule has 1 aromatic carbocycles. The molecule has 22 heavy (non-hydrogen) atoms. The fraction of sp³-hybridized carbons (Fsp3) is 0.611. The van der Waals surface area contributed by atoms with Crippen LogP contribution in [0.1, 0.15) is 49.0 Å². The lowest BCUT2D eigenvalue weighted by molar-refractivity contribution is 0.101. The van der Waals surface area contributed by atoms with Gasteiger partial charge in [0.05, 0.1) is 6.61 Å². The molecule has 0 saturated carbocycles. The summed E-state index contributed by atoms with van der Waals surface area (Å²) >= 11 is 0. The van der Waals surface area contributed by atoms with Crippen molar-refractivity contribution in [1.29, 1.82) is 0 Å². The molecule has 1 unspecified atom stereocenters. The van der Waals surface area contributed by atoms with E-state index in [0.29, 0.717) is 12.6 Å². The predicted molar refractivity (Wildman–Crippen MR) is 89.6 cm³/mol. The van der Waals surface area contributed by atoms with Gasteiger partial charge in [0.25, 0.3) is 0 Å². The molecule has 1 aliphatic heterocycles. The largest absolute Gasteiger partial charge is 0.494 e. The fourth-order valence-corrected chi connectivity index (χ4v) is 3.06. The SMILES string of the molecule is CCOc1ccc(C(C)=O)cc1CN(C)C1CCCNCC1. The van der Waals surface area contributed by atoms with Crippen molar-refractivity contribution in [2.24, 2.45) is 0 Å². The van der Waals surface area contributed by atoms with Gasteiger partial charge in [0, 0.05) is 23.7 Å². The third-order valence-corrected chi connectivity index (χ3v) is 4.36. The predicted octanol–water partition coefficient (Wildman–Crippen LogP) is 2.86. The van der Waals surface area contributed by atoms with Crippen LogP contribution in [-0.2, 0) is 6.54 Å². The van der Waals surface area contributed by atoms with E-state index in [0.717, 1.165) is 36.5 Å². The number of hydrogen-bond acceptors (Lipinski definition) is 4. The summed E-state index contributed by atoms with van der Waals surface area (Å²) in [6, 6.07) is 6.36. The van der Waals surface area contributed by atoms with Crippen molar-refractivity contribution >= 4 is 5.78 Å². The number of rotatable bonds is 6. The molecule has 1 aliphatic rings. The van der Waals surface area contributed by atoms with Gasteiger partial charge in [-0.15, -0.1) is 0 Å². The maximum atomic E-state index is 11.6. The van der Waals surface area contributed by atoms with Crippen LogP contribution >= 0.6 is 0 Å². The molecule has 1 saturated heterocycles. The quantitative estimate of drug-likeness (QED) is 0.821. The minimum atomic E-state index is 0.102. The van der Waals surface area contributed by atoms with E-state index in [2.05, 4.69) is 17.3 Å². The molecule has 0 bridgehead atoms. The number of ether oxygens (including phenoxy) is 1. The summed E-state index contributed by atoms with van der Waals surface area (Å²) in [4.78, 5) is 14.0. The van der Waals surface area contributed by atoms with Crippen LogP contribution in [0.2, 0.25) is 0 Å². The Hall–Kier alpha value is -1.39. The first-order chi connectivity index (χ1) is 10.6. The molecule has 0 aliphatic carbocycles. The van der Waals surface area contributed by atoms with Crippen molar-refractivity contribution in [3.63, 3.8) is 0 Å². The van der Waals surface area contributed by atoms with Gasteiger partial charge < -0.3 is 10.1 Å². The summed E-state index contributed by atoms with van der Waals surface area (Å²) in [5, 5.41) is 3.46. The van der Waals surface area contributed by atoms with Gasteiger partial charge in [0.2, 0.25) is 0 Å². The highest BCUT2D eigenvalue weighted by Gasteiger charge is 2.18. The number of nitrogens with one attached hydrogen (secondary N) is 1. The van der Waals surface area contributed by atoms with Crippen LogP contribution in [0.25, 0.3) is 0 Å². The van der Waals surface area contributed by atoms with Gasteiger partial charge in [0.15, 0.2) is 5.78 Å². The van der Waals surface area contributed by atoms with E-state index >= 15 is 0 Å². The summed E-state index contributed by atoms with van der Waals surface area (Å²) in [6.07, 6.45) is 3.62. The third-order valence-electron chi connectivity index (χ3n) is 4.36. The van der Waals surface area contributed by atoms with Crippen LogP contribution in [0.4, 0.5) is 0 Å². The van der Waals surface area contributed by atoms with E-state index < -0.39 is 0 Å². The van der Waals surface area contributed by atoms with Crippen LogP contribution in [0.5, 0.6) is 5.75 Å². The Labute approximate surface area is 133 Å². The van der Waals surface area contributed by atoms with Crippen LogP contribution in [0, 0.1) is 0 Å². The second kappa shape index (κ2) is 8.30. The Morgan fingerprint density at radius 3 is 2.91 bits per heavy atom. The Bertz CT molecular complexity index is 494. The van der Waals surface area contributed by atoms with Gasteiger partial charge in [-0.25, -0.2) is 0 Å². The van der Waals surface area contributed by atoms with Crippen molar-refractivity contribution in [3.05, 3.63) is 29.3 Å². The number of carbonyl (C=O) groups excluding carboxylic acids is 1. The van der Waals surface area contributed by atoms with Crippen LogP contribution < -0.4 is 10.1 Å². The van der Waals surface area contributed by atoms with Gasteiger partial charge >= 0.3 is 0 Å². The third kappa shape index (κ3) is 4.55. The van der Waals surface area contributed by atoms with Crippen LogP contribution in [0.15, 0.2) is 18.2 Å². The van der Waals surface area contributed by atoms with Crippen molar-refractivity contribution in [2.75, 3.05) is 26.7 Å². The van der Waals surface area contributed by atoms with Crippen molar-refractivity contribution in [3.8, 4) is 5.75 Å². The zero-order chi connectivity index (χ0) is 15.9. The molecule has 0 radical (unpaired) electrons. The standard InChI is InChI=1S/C18H28N2O2/c1-4-22-18-8-7-15(14(2)21)12-16(18)13-20(3)17-6-5-10-19-11-9-17/h7-8,12,17,19H,4-6,9-11,13H2,1-3H3. The molecule has 1 fully saturated rings. The molecule has 4 nitrogen and oxygen atoms in total. The van der Waals surface area contributed by atoms with Gasteiger partial charge in [0.1, 0.15) is 5.75 Å². The van der Waals surface area contributed by atoms with E-state index in [9.17, 15) is 4.79 Å². The van der Waals surface area contributed by atoms with Crippen molar-refractivity contribution in [1.82, 2.24) is 10.2 Å². The minimum absolute atomic E-state index is 0.102. The number of ketones is 1. The minimum Gasteiger partial charge on any atom is -0.494 e. The molecule has 1 atom stereocenters. The number of carbonyl (C=O) groups is 1. The lowest BCUT2D eigenvalue weighted by Gasteiger charge is -2.27. The highest BCUT2D eigenvalue weighted by atomic mass is 16.5. The molecule has 122 valence electrons. The average Bonchev–Trinajstić information content (AvgIpc) is 2.78. The summed E-state index contributed by atoms with van der Waals surface area (Å²) in [6.45, 7) is 7.27. The lowest BCUT2D eigenvalue weighted by atomic mass is 10.0. The first-order valence-corrected chi connectivity index (χ1v) is 8.29. The maximum absolute atomic E-state index is 11.6. The van der Waals surface area contributed by atoms with Gasteiger partial charge in [-0.05, 0) is 71.4 Å². The Kier molecular flexibility index (Phi) is 6.40. The normalized spacial score (nSPS) is 19.0. The average molecular weight is 304 g/mol. The number of hydrogen-bond donors (Lipinski definition) is 1. The van der Waals surface area contributed by atoms with Gasteiger partial charge in [-0.2, -0.15) is 0 Å². The molecule has 4 heteroatoms. The monoisotopic (exact) mass is 304 g/mol. The highest BCUT2D eigenvalue weighted by molar-refractivity contribution is 5.94. The maximum Gasteiger partial charge on any atom is 0.159 e. The van der Waals surface area contributed by atoms with E-state index in [1.54, 1.807) is 6.92 Å². The molecular formula is C18H28N2O2. The Morgan fingerprint density at radius 2 is 2.18 bits per heavy atom. The Morgan fingerprint density at radius 1 is 1.36 bits per heavy atom. The molecule has 0 spiro atoms. The summed E-state index contributed by atoms with van der Waals surface area (Å²) < 4.78 is 5.73. The molecular weight excluding hydrogens is 276 g/mol. The highest BCUT2D eigenvalue weighted by Crippen LogP contribution is 2.24. The van der Waals surface area contributed by atoms with Crippen molar-refractivity contribution in [2.45, 2.75) is 45.7 Å². The topological polar surface area (TPSA) is 41.6 Å². The first kappa shape index (κ1) is 17.0. The molecule has 1 aromatic rings.